The Morgan fingerprint density at radius 3 is 2.50 bits per heavy atom. The van der Waals surface area contributed by atoms with E-state index in [4.69, 9.17) is 11.6 Å². The van der Waals surface area contributed by atoms with Gasteiger partial charge in [0.25, 0.3) is 0 Å². The van der Waals surface area contributed by atoms with Gasteiger partial charge in [-0.2, -0.15) is 0 Å². The first-order chi connectivity index (χ1) is 17.4. The zero-order valence-electron chi connectivity index (χ0n) is 19.7. The van der Waals surface area contributed by atoms with Gasteiger partial charge in [-0.25, -0.2) is 4.39 Å². The Kier molecular flexibility index (Phi) is 6.68. The van der Waals surface area contributed by atoms with Crippen molar-refractivity contribution in [3.8, 4) is 16.8 Å². The Morgan fingerprint density at radius 1 is 1.03 bits per heavy atom. The number of Topliss-reactive ketones (excluding diaryl/α,β-unsaturated/α-hetero) is 1. The van der Waals surface area contributed by atoms with Crippen molar-refractivity contribution in [2.75, 3.05) is 6.61 Å². The summed E-state index contributed by atoms with van der Waals surface area (Å²) in [7, 11) is 0. The highest BCUT2D eigenvalue weighted by atomic mass is 35.5. The van der Waals surface area contributed by atoms with E-state index < -0.39 is 0 Å². The highest BCUT2D eigenvalue weighted by molar-refractivity contribution is 6.33. The molecular weight excluding hydrogens is 475 g/mol. The molecule has 36 heavy (non-hydrogen) atoms. The smallest absolute Gasteiger partial charge is 0.163 e. The number of aliphatic hydroxyl groups excluding tert-OH is 1. The average Bonchev–Trinajstić information content (AvgIpc) is 3.27. The van der Waals surface area contributed by atoms with Gasteiger partial charge in [-0.15, -0.1) is 0 Å². The quantitative estimate of drug-likeness (QED) is 0.242. The third-order valence-electron chi connectivity index (χ3n) is 6.45. The normalized spacial score (nSPS) is 12.1. The molecule has 0 fully saturated rings. The van der Waals surface area contributed by atoms with E-state index in [1.165, 1.54) is 12.1 Å². The summed E-state index contributed by atoms with van der Waals surface area (Å²) in [4.78, 5) is 17.6. The Hall–Kier alpha value is -3.80. The minimum Gasteiger partial charge on any atom is -0.396 e. The Morgan fingerprint density at radius 2 is 1.81 bits per heavy atom. The van der Waals surface area contributed by atoms with Gasteiger partial charge in [0.1, 0.15) is 5.82 Å². The van der Waals surface area contributed by atoms with E-state index in [2.05, 4.69) is 4.98 Å². The molecule has 0 aliphatic rings. The largest absolute Gasteiger partial charge is 0.396 e. The molecule has 4 nitrogen and oxygen atoms in total. The van der Waals surface area contributed by atoms with E-state index in [1.807, 2.05) is 72.3 Å². The van der Waals surface area contributed by atoms with E-state index in [0.717, 1.165) is 39.0 Å². The van der Waals surface area contributed by atoms with Crippen molar-refractivity contribution < 1.29 is 14.3 Å². The summed E-state index contributed by atoms with van der Waals surface area (Å²) in [5.74, 6) is -0.746. The molecule has 6 heteroatoms. The molecule has 1 N–H and O–H groups in total. The molecular formula is C30H24ClFN2O2. The lowest BCUT2D eigenvalue weighted by Gasteiger charge is -2.14. The maximum atomic E-state index is 13.6. The number of benzene rings is 3. The van der Waals surface area contributed by atoms with Gasteiger partial charge in [-0.05, 0) is 55.0 Å². The lowest BCUT2D eigenvalue weighted by molar-refractivity contribution is 0.0960. The topological polar surface area (TPSA) is 55.1 Å². The van der Waals surface area contributed by atoms with Crippen molar-refractivity contribution in [1.29, 1.82) is 0 Å². The summed E-state index contributed by atoms with van der Waals surface area (Å²) in [6.45, 7) is 1.74. The van der Waals surface area contributed by atoms with Gasteiger partial charge < -0.3 is 9.67 Å². The predicted molar refractivity (Wildman–Crippen MR) is 141 cm³/mol. The van der Waals surface area contributed by atoms with Crippen LogP contribution < -0.4 is 0 Å². The number of halogens is 2. The number of aromatic nitrogens is 2. The van der Waals surface area contributed by atoms with Gasteiger partial charge in [0.2, 0.25) is 0 Å². The highest BCUT2D eigenvalue weighted by Crippen LogP contribution is 2.37. The van der Waals surface area contributed by atoms with Crippen molar-refractivity contribution >= 4 is 28.3 Å². The molecule has 0 aliphatic heterocycles. The molecule has 1 atom stereocenters. The third-order valence-corrected chi connectivity index (χ3v) is 6.78. The first kappa shape index (κ1) is 23.9. The molecule has 0 saturated carbocycles. The van der Waals surface area contributed by atoms with Crippen LogP contribution in [0.3, 0.4) is 0 Å². The van der Waals surface area contributed by atoms with Crippen LogP contribution in [0.15, 0.2) is 91.3 Å². The first-order valence-corrected chi connectivity index (χ1v) is 12.0. The highest BCUT2D eigenvalue weighted by Gasteiger charge is 2.20. The number of hydrogen-bond donors (Lipinski definition) is 1. The van der Waals surface area contributed by atoms with Crippen LogP contribution in [0.5, 0.6) is 0 Å². The molecule has 2 heterocycles. The monoisotopic (exact) mass is 498 g/mol. The van der Waals surface area contributed by atoms with Crippen molar-refractivity contribution in [2.24, 2.45) is 0 Å². The summed E-state index contributed by atoms with van der Waals surface area (Å²) in [6, 6.07) is 23.2. The van der Waals surface area contributed by atoms with Crippen LogP contribution in [-0.4, -0.2) is 27.0 Å². The Balaban J connectivity index is 1.58. The third kappa shape index (κ3) is 4.68. The fraction of sp³-hybridized carbons (Fsp3) is 0.133. The second kappa shape index (κ2) is 10.1. The minimum absolute atomic E-state index is 0.0809. The number of aryl methyl sites for hydroxylation is 1. The molecule has 2 aromatic heterocycles. The summed E-state index contributed by atoms with van der Waals surface area (Å²) in [6.07, 6.45) is 3.82. The molecule has 5 rings (SSSR count). The zero-order chi connectivity index (χ0) is 25.2. The average molecular weight is 499 g/mol. The summed E-state index contributed by atoms with van der Waals surface area (Å²) in [5.41, 5.74) is 5.60. The van der Waals surface area contributed by atoms with Crippen LogP contribution in [0.2, 0.25) is 5.02 Å². The van der Waals surface area contributed by atoms with Crippen molar-refractivity contribution in [1.82, 2.24) is 9.55 Å². The molecule has 5 aromatic rings. The predicted octanol–water partition coefficient (Wildman–Crippen LogP) is 7.14. The number of hydrogen-bond acceptors (Lipinski definition) is 3. The molecule has 0 aliphatic carbocycles. The SMILES string of the molecule is Cc1ccc([C@@H](CO)CC(=O)c2ccc3c(-c4ccccc4Cl)cn(-c4ccc(F)cc4)c3c2)cn1. The standard InChI is InChI=1S/C30H24ClFN2O2/c1-19-6-7-21(16-33-19)22(18-35)15-30(36)20-8-13-26-27(25-4-2-3-5-28(25)31)17-34(29(26)14-20)24-11-9-23(32)10-12-24/h2-14,16-17,22,35H,15,18H2,1H3/t22-/m1/s1. The Labute approximate surface area is 213 Å². The molecule has 0 amide bonds. The summed E-state index contributed by atoms with van der Waals surface area (Å²) < 4.78 is 15.6. The van der Waals surface area contributed by atoms with Crippen molar-refractivity contribution in [3.63, 3.8) is 0 Å². The van der Waals surface area contributed by atoms with Crippen LogP contribution in [0.1, 0.15) is 34.0 Å². The number of fused-ring (bicyclic) bond motifs is 1. The first-order valence-electron chi connectivity index (χ1n) is 11.7. The number of rotatable bonds is 7. The van der Waals surface area contributed by atoms with Crippen LogP contribution in [0.4, 0.5) is 4.39 Å². The van der Waals surface area contributed by atoms with Gasteiger partial charge in [0.15, 0.2) is 5.78 Å². The molecule has 3 aromatic carbocycles. The number of ketones is 1. The summed E-state index contributed by atoms with van der Waals surface area (Å²) in [5, 5.41) is 11.5. The van der Waals surface area contributed by atoms with Gasteiger partial charge in [-0.3, -0.25) is 9.78 Å². The van der Waals surface area contributed by atoms with Crippen molar-refractivity contribution in [2.45, 2.75) is 19.3 Å². The second-order valence-corrected chi connectivity index (χ2v) is 9.25. The van der Waals surface area contributed by atoms with E-state index in [0.29, 0.717) is 10.6 Å². The van der Waals surface area contributed by atoms with Gasteiger partial charge in [0.05, 0.1) is 12.1 Å². The lowest BCUT2D eigenvalue weighted by atomic mass is 9.92. The second-order valence-electron chi connectivity index (χ2n) is 8.84. The molecule has 0 spiro atoms. The van der Waals surface area contributed by atoms with E-state index in [1.54, 1.807) is 18.3 Å². The van der Waals surface area contributed by atoms with Crippen LogP contribution in [0, 0.1) is 12.7 Å². The number of nitrogens with zero attached hydrogens (tertiary/aromatic N) is 2. The number of aliphatic hydroxyl groups is 1. The fourth-order valence-electron chi connectivity index (χ4n) is 4.46. The molecule has 0 unspecified atom stereocenters. The molecule has 0 saturated heterocycles. The van der Waals surface area contributed by atoms with E-state index in [9.17, 15) is 14.3 Å². The number of carbonyl (C=O) groups is 1. The maximum absolute atomic E-state index is 13.6. The molecule has 0 bridgehead atoms. The van der Waals surface area contributed by atoms with E-state index >= 15 is 0 Å². The van der Waals surface area contributed by atoms with Crippen LogP contribution in [0.25, 0.3) is 27.7 Å². The zero-order valence-corrected chi connectivity index (χ0v) is 20.4. The van der Waals surface area contributed by atoms with Gasteiger partial charge in [-0.1, -0.05) is 48.0 Å². The lowest BCUT2D eigenvalue weighted by Crippen LogP contribution is -2.11. The van der Waals surface area contributed by atoms with Crippen LogP contribution >= 0.6 is 11.6 Å². The summed E-state index contributed by atoms with van der Waals surface area (Å²) >= 11 is 6.52. The molecule has 180 valence electrons. The number of pyridine rings is 1. The van der Waals surface area contributed by atoms with Gasteiger partial charge in [0, 0.05) is 63.2 Å². The van der Waals surface area contributed by atoms with Crippen molar-refractivity contribution in [3.05, 3.63) is 119 Å². The Bertz CT molecular complexity index is 1540. The number of carbonyl (C=O) groups excluding carboxylic acids is 1. The van der Waals surface area contributed by atoms with Gasteiger partial charge >= 0.3 is 0 Å². The van der Waals surface area contributed by atoms with Crippen LogP contribution in [-0.2, 0) is 0 Å². The van der Waals surface area contributed by atoms with E-state index in [-0.39, 0.29) is 30.5 Å². The maximum Gasteiger partial charge on any atom is 0.163 e. The molecule has 0 radical (unpaired) electrons. The minimum atomic E-state index is -0.344. The fourth-order valence-corrected chi connectivity index (χ4v) is 4.70.